The SMILES string of the molecule is CC1OCC2OC(C)C(O)C(O)C2O1. The maximum atomic E-state index is 9.75. The van der Waals surface area contributed by atoms with Gasteiger partial charge in [-0.1, -0.05) is 0 Å². The summed E-state index contributed by atoms with van der Waals surface area (Å²) in [6, 6.07) is 0. The van der Waals surface area contributed by atoms with Gasteiger partial charge in [0.2, 0.25) is 0 Å². The van der Waals surface area contributed by atoms with Crippen molar-refractivity contribution in [3.63, 3.8) is 0 Å². The standard InChI is InChI=1S/C9H16O5/c1-4-7(10)8(11)9-6(13-4)3-12-5(2)14-9/h4-11H,3H2,1-2H3. The molecule has 0 aliphatic carbocycles. The molecule has 6 unspecified atom stereocenters. The first kappa shape index (κ1) is 10.3. The fourth-order valence-corrected chi connectivity index (χ4v) is 1.92. The van der Waals surface area contributed by atoms with Crippen LogP contribution in [0.15, 0.2) is 0 Å². The molecule has 2 rings (SSSR count). The first-order valence-corrected chi connectivity index (χ1v) is 4.88. The lowest BCUT2D eigenvalue weighted by Gasteiger charge is -2.45. The van der Waals surface area contributed by atoms with E-state index in [4.69, 9.17) is 14.2 Å². The Morgan fingerprint density at radius 3 is 2.50 bits per heavy atom. The first-order valence-electron chi connectivity index (χ1n) is 4.88. The van der Waals surface area contributed by atoms with Crippen LogP contribution < -0.4 is 0 Å². The molecule has 14 heavy (non-hydrogen) atoms. The van der Waals surface area contributed by atoms with Crippen LogP contribution in [-0.4, -0.2) is 53.6 Å². The van der Waals surface area contributed by atoms with Crippen molar-refractivity contribution >= 4 is 0 Å². The molecule has 2 N–H and O–H groups in total. The van der Waals surface area contributed by atoms with Gasteiger partial charge in [-0.15, -0.1) is 0 Å². The highest BCUT2D eigenvalue weighted by molar-refractivity contribution is 4.92. The van der Waals surface area contributed by atoms with Crippen molar-refractivity contribution < 1.29 is 24.4 Å². The van der Waals surface area contributed by atoms with Gasteiger partial charge in [-0.25, -0.2) is 0 Å². The smallest absolute Gasteiger partial charge is 0.155 e. The summed E-state index contributed by atoms with van der Waals surface area (Å²) in [5.41, 5.74) is 0. The first-order chi connectivity index (χ1) is 6.59. The van der Waals surface area contributed by atoms with Crippen molar-refractivity contribution in [1.82, 2.24) is 0 Å². The van der Waals surface area contributed by atoms with Gasteiger partial charge in [-0.2, -0.15) is 0 Å². The predicted octanol–water partition coefficient (Wildman–Crippen LogP) is -0.743. The second-order valence-corrected chi connectivity index (χ2v) is 3.86. The minimum Gasteiger partial charge on any atom is -0.388 e. The van der Waals surface area contributed by atoms with Crippen LogP contribution in [0.5, 0.6) is 0 Å². The molecule has 0 radical (unpaired) electrons. The van der Waals surface area contributed by atoms with Crippen molar-refractivity contribution in [2.75, 3.05) is 6.61 Å². The zero-order valence-corrected chi connectivity index (χ0v) is 8.29. The largest absolute Gasteiger partial charge is 0.388 e. The molecule has 0 spiro atoms. The van der Waals surface area contributed by atoms with Crippen LogP contribution >= 0.6 is 0 Å². The number of hydrogen-bond donors (Lipinski definition) is 2. The van der Waals surface area contributed by atoms with Crippen LogP contribution in [0.4, 0.5) is 0 Å². The Hall–Kier alpha value is -0.200. The van der Waals surface area contributed by atoms with Crippen LogP contribution in [0.2, 0.25) is 0 Å². The molecule has 2 aliphatic rings. The molecule has 0 saturated carbocycles. The highest BCUT2D eigenvalue weighted by Crippen LogP contribution is 2.27. The molecule has 2 fully saturated rings. The van der Waals surface area contributed by atoms with E-state index in [1.165, 1.54) is 0 Å². The number of ether oxygens (including phenoxy) is 3. The van der Waals surface area contributed by atoms with Crippen molar-refractivity contribution in [3.8, 4) is 0 Å². The zero-order valence-electron chi connectivity index (χ0n) is 8.29. The Kier molecular flexibility index (Phi) is 2.77. The van der Waals surface area contributed by atoms with E-state index >= 15 is 0 Å². The Morgan fingerprint density at radius 2 is 1.79 bits per heavy atom. The van der Waals surface area contributed by atoms with Gasteiger partial charge in [0.25, 0.3) is 0 Å². The summed E-state index contributed by atoms with van der Waals surface area (Å²) in [6.45, 7) is 3.88. The lowest BCUT2D eigenvalue weighted by Crippen LogP contribution is -2.61. The molecule has 2 heterocycles. The quantitative estimate of drug-likeness (QED) is 0.544. The molecule has 82 valence electrons. The predicted molar refractivity (Wildman–Crippen MR) is 46.6 cm³/mol. The molecule has 6 atom stereocenters. The number of fused-ring (bicyclic) bond motifs is 1. The lowest BCUT2D eigenvalue weighted by molar-refractivity contribution is -0.318. The molecule has 0 bridgehead atoms. The van der Waals surface area contributed by atoms with E-state index in [1.807, 2.05) is 0 Å². The van der Waals surface area contributed by atoms with Crippen LogP contribution in [0.3, 0.4) is 0 Å². The zero-order chi connectivity index (χ0) is 10.3. The van der Waals surface area contributed by atoms with E-state index in [-0.39, 0.29) is 18.5 Å². The fourth-order valence-electron chi connectivity index (χ4n) is 1.92. The Bertz CT molecular complexity index is 207. The fraction of sp³-hybridized carbons (Fsp3) is 1.00. The highest BCUT2D eigenvalue weighted by atomic mass is 16.7. The average Bonchev–Trinajstić information content (AvgIpc) is 2.16. The van der Waals surface area contributed by atoms with Crippen molar-refractivity contribution in [2.45, 2.75) is 50.7 Å². The summed E-state index contributed by atoms with van der Waals surface area (Å²) in [5.74, 6) is 0. The summed E-state index contributed by atoms with van der Waals surface area (Å²) >= 11 is 0. The minimum atomic E-state index is -0.893. The van der Waals surface area contributed by atoms with Crippen molar-refractivity contribution in [3.05, 3.63) is 0 Å². The average molecular weight is 204 g/mol. The van der Waals surface area contributed by atoms with Gasteiger partial charge < -0.3 is 24.4 Å². The summed E-state index contributed by atoms with van der Waals surface area (Å²) in [6.07, 6.45) is -3.27. The van der Waals surface area contributed by atoms with Crippen LogP contribution in [0, 0.1) is 0 Å². The molecule has 5 nitrogen and oxygen atoms in total. The molecular weight excluding hydrogens is 188 g/mol. The van der Waals surface area contributed by atoms with E-state index < -0.39 is 18.3 Å². The topological polar surface area (TPSA) is 68.2 Å². The van der Waals surface area contributed by atoms with Gasteiger partial charge in [0.05, 0.1) is 12.7 Å². The molecule has 2 saturated heterocycles. The van der Waals surface area contributed by atoms with Crippen molar-refractivity contribution in [2.24, 2.45) is 0 Å². The Balaban J connectivity index is 2.08. The summed E-state index contributed by atoms with van der Waals surface area (Å²) in [7, 11) is 0. The maximum Gasteiger partial charge on any atom is 0.155 e. The second kappa shape index (κ2) is 3.75. The number of hydrogen-bond acceptors (Lipinski definition) is 5. The van der Waals surface area contributed by atoms with Crippen LogP contribution in [0.1, 0.15) is 13.8 Å². The van der Waals surface area contributed by atoms with E-state index in [0.29, 0.717) is 6.61 Å². The summed E-state index contributed by atoms with van der Waals surface area (Å²) in [5, 5.41) is 19.3. The van der Waals surface area contributed by atoms with Gasteiger partial charge in [0.15, 0.2) is 6.29 Å². The molecule has 2 aliphatic heterocycles. The molecule has 0 amide bonds. The number of rotatable bonds is 0. The summed E-state index contributed by atoms with van der Waals surface area (Å²) in [4.78, 5) is 0. The van der Waals surface area contributed by atoms with Gasteiger partial charge in [-0.3, -0.25) is 0 Å². The third kappa shape index (κ3) is 1.66. The van der Waals surface area contributed by atoms with Gasteiger partial charge >= 0.3 is 0 Å². The monoisotopic (exact) mass is 204 g/mol. The molecule has 0 aromatic carbocycles. The van der Waals surface area contributed by atoms with Gasteiger partial charge in [0, 0.05) is 0 Å². The third-order valence-corrected chi connectivity index (χ3v) is 2.77. The van der Waals surface area contributed by atoms with Crippen molar-refractivity contribution in [1.29, 1.82) is 0 Å². The maximum absolute atomic E-state index is 9.75. The van der Waals surface area contributed by atoms with Crippen LogP contribution in [-0.2, 0) is 14.2 Å². The molecule has 5 heteroatoms. The molecule has 0 aromatic rings. The molecular formula is C9H16O5. The molecule has 0 aromatic heterocycles. The normalized spacial score (nSPS) is 54.0. The van der Waals surface area contributed by atoms with E-state index in [9.17, 15) is 10.2 Å². The highest BCUT2D eigenvalue weighted by Gasteiger charge is 2.46. The second-order valence-electron chi connectivity index (χ2n) is 3.86. The van der Waals surface area contributed by atoms with E-state index in [2.05, 4.69) is 0 Å². The number of aliphatic hydroxyl groups is 2. The third-order valence-electron chi connectivity index (χ3n) is 2.77. The summed E-state index contributed by atoms with van der Waals surface area (Å²) < 4.78 is 16.1. The lowest BCUT2D eigenvalue weighted by atomic mass is 9.95. The minimum absolute atomic E-state index is 0.278. The Labute approximate surface area is 82.6 Å². The van der Waals surface area contributed by atoms with Crippen LogP contribution in [0.25, 0.3) is 0 Å². The number of aliphatic hydroxyl groups excluding tert-OH is 2. The van der Waals surface area contributed by atoms with Gasteiger partial charge in [-0.05, 0) is 13.8 Å². The van der Waals surface area contributed by atoms with E-state index in [0.717, 1.165) is 0 Å². The van der Waals surface area contributed by atoms with E-state index in [1.54, 1.807) is 13.8 Å². The van der Waals surface area contributed by atoms with Gasteiger partial charge in [0.1, 0.15) is 24.4 Å². The Morgan fingerprint density at radius 1 is 1.07 bits per heavy atom.